The van der Waals surface area contributed by atoms with E-state index in [9.17, 15) is 13.2 Å². The summed E-state index contributed by atoms with van der Waals surface area (Å²) in [6.45, 7) is 4.36. The van der Waals surface area contributed by atoms with Crippen molar-refractivity contribution in [3.8, 4) is 5.75 Å². The third kappa shape index (κ3) is 5.35. The Kier molecular flexibility index (Phi) is 6.25. The van der Waals surface area contributed by atoms with Gasteiger partial charge in [-0.25, -0.2) is 0 Å². The Balaban J connectivity index is 2.03. The summed E-state index contributed by atoms with van der Waals surface area (Å²) in [7, 11) is 0. The molecule has 0 aliphatic carbocycles. The van der Waals surface area contributed by atoms with Gasteiger partial charge in [-0.3, -0.25) is 0 Å². The highest BCUT2D eigenvalue weighted by molar-refractivity contribution is 7.80. The second-order valence-corrected chi connectivity index (χ2v) is 5.77. The zero-order valence-electron chi connectivity index (χ0n) is 13.9. The molecular formula is C18H19F3N2OS. The number of thiocarbonyl (C=S) groups is 1. The Morgan fingerprint density at radius 3 is 2.36 bits per heavy atom. The molecule has 0 aliphatic rings. The van der Waals surface area contributed by atoms with Crippen LogP contribution in [0.5, 0.6) is 5.75 Å². The fourth-order valence-electron chi connectivity index (χ4n) is 2.30. The summed E-state index contributed by atoms with van der Waals surface area (Å²) in [6, 6.07) is 12.5. The molecule has 7 heteroatoms. The molecule has 0 spiro atoms. The van der Waals surface area contributed by atoms with Crippen molar-refractivity contribution in [1.82, 2.24) is 5.32 Å². The minimum absolute atomic E-state index is 0.0774. The van der Waals surface area contributed by atoms with Gasteiger partial charge in [-0.1, -0.05) is 24.3 Å². The third-order valence-corrected chi connectivity index (χ3v) is 3.74. The molecule has 25 heavy (non-hydrogen) atoms. The lowest BCUT2D eigenvalue weighted by Gasteiger charge is -2.19. The van der Waals surface area contributed by atoms with Crippen LogP contribution in [0.2, 0.25) is 0 Å². The molecule has 2 aromatic carbocycles. The van der Waals surface area contributed by atoms with Gasteiger partial charge in [0.1, 0.15) is 5.75 Å². The molecule has 134 valence electrons. The van der Waals surface area contributed by atoms with Crippen LogP contribution in [0.1, 0.15) is 31.0 Å². The largest absolute Gasteiger partial charge is 0.494 e. The van der Waals surface area contributed by atoms with Gasteiger partial charge in [0.25, 0.3) is 0 Å². The highest BCUT2D eigenvalue weighted by Crippen LogP contribution is 2.34. The van der Waals surface area contributed by atoms with E-state index in [-0.39, 0.29) is 16.8 Å². The van der Waals surface area contributed by atoms with E-state index in [4.69, 9.17) is 17.0 Å². The molecule has 0 saturated carbocycles. The van der Waals surface area contributed by atoms with E-state index in [1.54, 1.807) is 0 Å². The van der Waals surface area contributed by atoms with Crippen LogP contribution < -0.4 is 15.4 Å². The topological polar surface area (TPSA) is 33.3 Å². The van der Waals surface area contributed by atoms with Crippen molar-refractivity contribution in [3.63, 3.8) is 0 Å². The van der Waals surface area contributed by atoms with Gasteiger partial charge in [0, 0.05) is 0 Å². The maximum Gasteiger partial charge on any atom is 0.418 e. The standard InChI is InChI=1S/C18H19F3N2OS/c1-3-24-14-10-8-13(9-11-14)12(2)22-17(25)23-16-7-5-4-6-15(16)18(19,20)21/h4-12H,3H2,1-2H3,(H2,22,23,25). The molecule has 0 fully saturated rings. The van der Waals surface area contributed by atoms with Crippen LogP contribution in [-0.2, 0) is 6.18 Å². The molecule has 2 rings (SSSR count). The Hall–Kier alpha value is -2.28. The third-order valence-electron chi connectivity index (χ3n) is 3.52. The van der Waals surface area contributed by atoms with Gasteiger partial charge < -0.3 is 15.4 Å². The lowest BCUT2D eigenvalue weighted by atomic mass is 10.1. The number of hydrogen-bond donors (Lipinski definition) is 2. The molecule has 0 radical (unpaired) electrons. The van der Waals surface area contributed by atoms with Crippen LogP contribution in [0, 0.1) is 0 Å². The number of benzene rings is 2. The summed E-state index contributed by atoms with van der Waals surface area (Å²) in [4.78, 5) is 0. The van der Waals surface area contributed by atoms with Crippen molar-refractivity contribution in [3.05, 3.63) is 59.7 Å². The van der Waals surface area contributed by atoms with Crippen molar-refractivity contribution in [2.45, 2.75) is 26.1 Å². The number of nitrogens with one attached hydrogen (secondary N) is 2. The summed E-state index contributed by atoms with van der Waals surface area (Å²) < 4.78 is 44.4. The van der Waals surface area contributed by atoms with Gasteiger partial charge in [0.2, 0.25) is 0 Å². The second-order valence-electron chi connectivity index (χ2n) is 5.37. The van der Waals surface area contributed by atoms with Crippen LogP contribution in [-0.4, -0.2) is 11.7 Å². The summed E-state index contributed by atoms with van der Waals surface area (Å²) in [5, 5.41) is 5.74. The minimum Gasteiger partial charge on any atom is -0.494 e. The molecule has 2 aromatic rings. The Morgan fingerprint density at radius 2 is 1.76 bits per heavy atom. The van der Waals surface area contributed by atoms with Crippen LogP contribution in [0.4, 0.5) is 18.9 Å². The fourth-order valence-corrected chi connectivity index (χ4v) is 2.58. The molecule has 1 atom stereocenters. The smallest absolute Gasteiger partial charge is 0.418 e. The lowest BCUT2D eigenvalue weighted by Crippen LogP contribution is -2.31. The lowest BCUT2D eigenvalue weighted by molar-refractivity contribution is -0.136. The molecule has 1 unspecified atom stereocenters. The number of halogens is 3. The number of rotatable bonds is 5. The molecule has 0 saturated heterocycles. The van der Waals surface area contributed by atoms with Crippen LogP contribution >= 0.6 is 12.2 Å². The quantitative estimate of drug-likeness (QED) is 0.715. The Labute approximate surface area is 150 Å². The van der Waals surface area contributed by atoms with Crippen molar-refractivity contribution >= 4 is 23.0 Å². The molecule has 0 heterocycles. The second kappa shape index (κ2) is 8.20. The van der Waals surface area contributed by atoms with Crippen LogP contribution in [0.3, 0.4) is 0 Å². The highest BCUT2D eigenvalue weighted by Gasteiger charge is 2.33. The zero-order valence-corrected chi connectivity index (χ0v) is 14.7. The predicted molar refractivity (Wildman–Crippen MR) is 96.8 cm³/mol. The van der Waals surface area contributed by atoms with Crippen LogP contribution in [0.25, 0.3) is 0 Å². The van der Waals surface area contributed by atoms with Crippen molar-refractivity contribution in [1.29, 1.82) is 0 Å². The number of ether oxygens (including phenoxy) is 1. The molecular weight excluding hydrogens is 349 g/mol. The molecule has 2 N–H and O–H groups in total. The van der Waals surface area contributed by atoms with Gasteiger partial charge in [0.05, 0.1) is 23.9 Å². The monoisotopic (exact) mass is 368 g/mol. The molecule has 0 amide bonds. The van der Waals surface area contributed by atoms with Crippen LogP contribution in [0.15, 0.2) is 48.5 Å². The van der Waals surface area contributed by atoms with E-state index >= 15 is 0 Å². The number of anilines is 1. The molecule has 0 aromatic heterocycles. The summed E-state index contributed by atoms with van der Waals surface area (Å²) in [6.07, 6.45) is -4.44. The minimum atomic E-state index is -4.44. The first kappa shape index (κ1) is 19.1. The van der Waals surface area contributed by atoms with E-state index in [1.807, 2.05) is 38.1 Å². The van der Waals surface area contributed by atoms with Gasteiger partial charge in [0.15, 0.2) is 5.11 Å². The Bertz CT molecular complexity index is 717. The van der Waals surface area contributed by atoms with E-state index in [0.29, 0.717) is 6.61 Å². The summed E-state index contributed by atoms with van der Waals surface area (Å²) >= 11 is 5.15. The fraction of sp³-hybridized carbons (Fsp3) is 0.278. The van der Waals surface area contributed by atoms with E-state index < -0.39 is 11.7 Å². The van der Waals surface area contributed by atoms with Crippen molar-refractivity contribution in [2.24, 2.45) is 0 Å². The summed E-state index contributed by atoms with van der Waals surface area (Å²) in [5.41, 5.74) is 0.107. The maximum absolute atomic E-state index is 13.0. The first-order chi connectivity index (χ1) is 11.8. The predicted octanol–water partition coefficient (Wildman–Crippen LogP) is 5.15. The Morgan fingerprint density at radius 1 is 1.12 bits per heavy atom. The van der Waals surface area contributed by atoms with E-state index in [1.165, 1.54) is 18.2 Å². The highest BCUT2D eigenvalue weighted by atomic mass is 32.1. The number of para-hydroxylation sites is 1. The SMILES string of the molecule is CCOc1ccc(C(C)NC(=S)Nc2ccccc2C(F)(F)F)cc1. The number of alkyl halides is 3. The normalized spacial score (nSPS) is 12.4. The molecule has 0 aliphatic heterocycles. The van der Waals surface area contributed by atoms with Crippen molar-refractivity contribution in [2.75, 3.05) is 11.9 Å². The zero-order chi connectivity index (χ0) is 18.4. The average Bonchev–Trinajstić information content (AvgIpc) is 2.55. The molecule has 0 bridgehead atoms. The van der Waals surface area contributed by atoms with E-state index in [2.05, 4.69) is 10.6 Å². The van der Waals surface area contributed by atoms with Gasteiger partial charge in [-0.2, -0.15) is 13.2 Å². The van der Waals surface area contributed by atoms with E-state index in [0.717, 1.165) is 17.4 Å². The van der Waals surface area contributed by atoms with Gasteiger partial charge in [-0.05, 0) is 55.9 Å². The maximum atomic E-state index is 13.0. The average molecular weight is 368 g/mol. The first-order valence-electron chi connectivity index (χ1n) is 7.77. The van der Waals surface area contributed by atoms with Gasteiger partial charge in [-0.15, -0.1) is 0 Å². The van der Waals surface area contributed by atoms with Crippen molar-refractivity contribution < 1.29 is 17.9 Å². The molecule has 3 nitrogen and oxygen atoms in total. The summed E-state index contributed by atoms with van der Waals surface area (Å²) in [5.74, 6) is 0.762. The number of hydrogen-bond acceptors (Lipinski definition) is 2. The first-order valence-corrected chi connectivity index (χ1v) is 8.18. The van der Waals surface area contributed by atoms with Gasteiger partial charge >= 0.3 is 6.18 Å².